The highest BCUT2D eigenvalue weighted by Crippen LogP contribution is 2.39. The van der Waals surface area contributed by atoms with E-state index in [0.29, 0.717) is 26.1 Å². The van der Waals surface area contributed by atoms with Crippen LogP contribution in [-0.2, 0) is 22.9 Å². The smallest absolute Gasteiger partial charge is 0.381 e. The largest absolute Gasteiger partial charge is 0.469 e. The molecule has 11 heteroatoms. The highest BCUT2D eigenvalue weighted by Gasteiger charge is 2.21. The van der Waals surface area contributed by atoms with Crippen LogP contribution in [0.5, 0.6) is 0 Å². The Morgan fingerprint density at radius 2 is 1.46 bits per heavy atom. The topological polar surface area (TPSA) is 143 Å². The van der Waals surface area contributed by atoms with E-state index in [-0.39, 0.29) is 17.9 Å². The first-order valence-electron chi connectivity index (χ1n) is 9.72. The Kier molecular flexibility index (Phi) is 13.6. The van der Waals surface area contributed by atoms with E-state index < -0.39 is 21.7 Å². The van der Waals surface area contributed by atoms with Crippen molar-refractivity contribution >= 4 is 15.6 Å². The minimum Gasteiger partial charge on any atom is -0.381 e. The second kappa shape index (κ2) is 13.5. The van der Waals surface area contributed by atoms with Crippen LogP contribution in [0.1, 0.15) is 72.6 Å². The molecule has 0 saturated heterocycles. The number of unbranched alkanes of at least 4 members (excludes halogenated alkanes) is 1. The molecule has 170 valence electrons. The number of hydrogen-bond donors (Lipinski definition) is 4. The van der Waals surface area contributed by atoms with E-state index in [1.54, 1.807) is 6.92 Å². The van der Waals surface area contributed by atoms with E-state index in [0.717, 1.165) is 32.1 Å². The molecule has 0 spiro atoms. The summed E-state index contributed by atoms with van der Waals surface area (Å²) >= 11 is 0. The first-order valence-corrected chi connectivity index (χ1v) is 12.8. The molecular formula is C17H38O9P2. The molecule has 2 unspecified atom stereocenters. The molecule has 0 aromatic heterocycles. The summed E-state index contributed by atoms with van der Waals surface area (Å²) in [5.74, 6) is 0.246. The van der Waals surface area contributed by atoms with Gasteiger partial charge in [-0.05, 0) is 56.8 Å². The fraction of sp³-hybridized carbons (Fsp3) is 1.00. The molecule has 2 atom stereocenters. The lowest BCUT2D eigenvalue weighted by molar-refractivity contribution is 0.0969. The van der Waals surface area contributed by atoms with Gasteiger partial charge in [0.25, 0.3) is 0 Å². The Labute approximate surface area is 168 Å². The predicted octanol–water partition coefficient (Wildman–Crippen LogP) is 4.00. The summed E-state index contributed by atoms with van der Waals surface area (Å²) in [4.78, 5) is 34.8. The van der Waals surface area contributed by atoms with Crippen LogP contribution >= 0.6 is 15.6 Å². The summed E-state index contributed by atoms with van der Waals surface area (Å²) in [6, 6.07) is 0. The summed E-state index contributed by atoms with van der Waals surface area (Å²) in [5, 5.41) is 0. The third kappa shape index (κ3) is 19.5. The van der Waals surface area contributed by atoms with Crippen molar-refractivity contribution in [3.8, 4) is 0 Å². The molecule has 0 rings (SSSR count). The predicted molar refractivity (Wildman–Crippen MR) is 107 cm³/mol. The van der Waals surface area contributed by atoms with Crippen molar-refractivity contribution < 1.29 is 42.5 Å². The van der Waals surface area contributed by atoms with Gasteiger partial charge in [0, 0.05) is 13.2 Å². The lowest BCUT2D eigenvalue weighted by atomic mass is 9.83. The second-order valence-corrected chi connectivity index (χ2v) is 10.6. The normalized spacial score (nSPS) is 15.6. The summed E-state index contributed by atoms with van der Waals surface area (Å²) < 4.78 is 36.1. The molecule has 0 saturated carbocycles. The van der Waals surface area contributed by atoms with Gasteiger partial charge in [-0.1, -0.05) is 27.2 Å². The zero-order valence-electron chi connectivity index (χ0n) is 17.5. The molecule has 4 N–H and O–H groups in total. The number of hydrogen-bond acceptors (Lipinski definition) is 5. The van der Waals surface area contributed by atoms with E-state index in [1.807, 2.05) is 6.92 Å². The zero-order valence-corrected chi connectivity index (χ0v) is 19.2. The van der Waals surface area contributed by atoms with Crippen LogP contribution in [0.4, 0.5) is 0 Å². The molecule has 0 bridgehead atoms. The van der Waals surface area contributed by atoms with E-state index >= 15 is 0 Å². The van der Waals surface area contributed by atoms with Crippen molar-refractivity contribution in [3.05, 3.63) is 0 Å². The van der Waals surface area contributed by atoms with Gasteiger partial charge in [-0.15, -0.1) is 0 Å². The van der Waals surface area contributed by atoms with Gasteiger partial charge < -0.3 is 24.3 Å². The van der Waals surface area contributed by atoms with Gasteiger partial charge in [0.1, 0.15) is 0 Å². The highest BCUT2D eigenvalue weighted by atomic mass is 31.2. The van der Waals surface area contributed by atoms with E-state index in [2.05, 4.69) is 22.9 Å². The zero-order chi connectivity index (χ0) is 21.8. The second-order valence-electron chi connectivity index (χ2n) is 8.20. The molecule has 0 aliphatic heterocycles. The lowest BCUT2D eigenvalue weighted by Gasteiger charge is -2.24. The van der Waals surface area contributed by atoms with Crippen LogP contribution in [0.15, 0.2) is 0 Å². The first-order chi connectivity index (χ1) is 12.7. The number of phosphoric acid groups is 2. The maximum Gasteiger partial charge on any atom is 0.469 e. The number of rotatable bonds is 17. The molecule has 0 radical (unpaired) electrons. The molecule has 0 aliphatic rings. The summed E-state index contributed by atoms with van der Waals surface area (Å²) in [6.45, 7) is 9.25. The van der Waals surface area contributed by atoms with Gasteiger partial charge in [-0.2, -0.15) is 0 Å². The van der Waals surface area contributed by atoms with Crippen LogP contribution in [-0.4, -0.2) is 45.5 Å². The van der Waals surface area contributed by atoms with Crippen molar-refractivity contribution in [1.29, 1.82) is 0 Å². The van der Waals surface area contributed by atoms with E-state index in [4.69, 9.17) is 24.3 Å². The third-order valence-corrected chi connectivity index (χ3v) is 5.61. The average Bonchev–Trinajstić information content (AvgIpc) is 2.47. The van der Waals surface area contributed by atoms with Crippen molar-refractivity contribution in [1.82, 2.24) is 0 Å². The fourth-order valence-corrected chi connectivity index (χ4v) is 3.94. The molecule has 28 heavy (non-hydrogen) atoms. The van der Waals surface area contributed by atoms with Gasteiger partial charge in [0.15, 0.2) is 0 Å². The van der Waals surface area contributed by atoms with Gasteiger partial charge >= 0.3 is 15.6 Å². The quantitative estimate of drug-likeness (QED) is 0.192. The molecule has 0 aromatic carbocycles. The molecule has 0 heterocycles. The molecule has 9 nitrogen and oxygen atoms in total. The van der Waals surface area contributed by atoms with Crippen molar-refractivity contribution in [3.63, 3.8) is 0 Å². The minimum absolute atomic E-state index is 0.0623. The first kappa shape index (κ1) is 28.2. The Hall–Kier alpha value is 0.180. The molecular weight excluding hydrogens is 410 g/mol. The molecule has 0 aliphatic carbocycles. The van der Waals surface area contributed by atoms with Crippen LogP contribution in [0, 0.1) is 11.3 Å². The average molecular weight is 448 g/mol. The SMILES string of the molecule is CC(CCOCCCCC(C)(C)CCCOP(=O)(O)O)CC(C)OP(=O)(O)O. The van der Waals surface area contributed by atoms with E-state index in [1.165, 1.54) is 0 Å². The Bertz CT molecular complexity index is 501. The Morgan fingerprint density at radius 1 is 0.857 bits per heavy atom. The van der Waals surface area contributed by atoms with Crippen molar-refractivity contribution in [2.45, 2.75) is 78.7 Å². The summed E-state index contributed by atoms with van der Waals surface area (Å²) in [7, 11) is -8.79. The van der Waals surface area contributed by atoms with Crippen LogP contribution in [0.3, 0.4) is 0 Å². The number of phosphoric ester groups is 2. The lowest BCUT2D eigenvalue weighted by Crippen LogP contribution is -2.14. The summed E-state index contributed by atoms with van der Waals surface area (Å²) in [6.07, 6.45) is 5.26. The monoisotopic (exact) mass is 448 g/mol. The molecule has 0 fully saturated rings. The van der Waals surface area contributed by atoms with Gasteiger partial charge in [-0.3, -0.25) is 9.05 Å². The Morgan fingerprint density at radius 3 is 2.04 bits per heavy atom. The number of ether oxygens (including phenoxy) is 1. The molecule has 0 aromatic rings. The maximum absolute atomic E-state index is 10.8. The molecule has 0 amide bonds. The summed E-state index contributed by atoms with van der Waals surface area (Å²) in [5.41, 5.74) is 0.0851. The van der Waals surface area contributed by atoms with Crippen LogP contribution < -0.4 is 0 Å². The van der Waals surface area contributed by atoms with E-state index in [9.17, 15) is 9.13 Å². The van der Waals surface area contributed by atoms with Crippen LogP contribution in [0.25, 0.3) is 0 Å². The van der Waals surface area contributed by atoms with Gasteiger partial charge in [0.05, 0.1) is 12.7 Å². The minimum atomic E-state index is -4.43. The van der Waals surface area contributed by atoms with Crippen molar-refractivity contribution in [2.75, 3.05) is 19.8 Å². The van der Waals surface area contributed by atoms with Gasteiger partial charge in [0.2, 0.25) is 0 Å². The van der Waals surface area contributed by atoms with Crippen molar-refractivity contribution in [2.24, 2.45) is 11.3 Å². The van der Waals surface area contributed by atoms with Gasteiger partial charge in [-0.25, -0.2) is 9.13 Å². The highest BCUT2D eigenvalue weighted by molar-refractivity contribution is 7.46. The Balaban J connectivity index is 3.69. The maximum atomic E-state index is 10.8. The standard InChI is InChI=1S/C17H38O9P2/c1-15(14-16(2)26-28(21,22)23)8-13-24-11-6-5-9-17(3,4)10-7-12-25-27(18,19)20/h15-16H,5-14H2,1-4H3,(H2,18,19,20)(H2,21,22,23). The fourth-order valence-electron chi connectivity index (χ4n) is 3.02. The van der Waals surface area contributed by atoms with Crippen LogP contribution in [0.2, 0.25) is 0 Å². The third-order valence-electron chi connectivity index (χ3n) is 4.46.